The predicted octanol–water partition coefficient (Wildman–Crippen LogP) is 5.41. The summed E-state index contributed by atoms with van der Waals surface area (Å²) in [5, 5.41) is 1.18. The summed E-state index contributed by atoms with van der Waals surface area (Å²) in [7, 11) is -3.63. The van der Waals surface area contributed by atoms with Gasteiger partial charge in [0.1, 0.15) is 6.61 Å². The third-order valence-electron chi connectivity index (χ3n) is 8.39. The summed E-state index contributed by atoms with van der Waals surface area (Å²) in [6, 6.07) is 11.5. The van der Waals surface area contributed by atoms with Crippen LogP contribution in [0.15, 0.2) is 84.5 Å². The molecule has 2 aromatic rings. The molecule has 4 unspecified atom stereocenters. The van der Waals surface area contributed by atoms with Crippen molar-refractivity contribution >= 4 is 45.3 Å². The van der Waals surface area contributed by atoms with Crippen molar-refractivity contribution in [2.45, 2.75) is 70.5 Å². The number of halogens is 1. The average molecular weight is 712 g/mol. The van der Waals surface area contributed by atoms with E-state index in [0.29, 0.717) is 40.1 Å². The van der Waals surface area contributed by atoms with Crippen molar-refractivity contribution in [3.63, 3.8) is 0 Å². The molecule has 1 aliphatic carbocycles. The number of rotatable bonds is 12. The van der Waals surface area contributed by atoms with Crippen LogP contribution in [0.2, 0.25) is 5.02 Å². The number of allylic oxidation sites excluding steroid dienone is 2. The van der Waals surface area contributed by atoms with E-state index < -0.39 is 51.9 Å². The Kier molecular flexibility index (Phi) is 12.7. The summed E-state index contributed by atoms with van der Waals surface area (Å²) in [6.07, 6.45) is 8.69. The number of carbonyl (C=O) groups is 4. The van der Waals surface area contributed by atoms with Crippen LogP contribution < -0.4 is 4.72 Å². The van der Waals surface area contributed by atoms with E-state index >= 15 is 0 Å². The van der Waals surface area contributed by atoms with E-state index in [1.54, 1.807) is 78.6 Å². The van der Waals surface area contributed by atoms with Crippen molar-refractivity contribution < 1.29 is 37.2 Å². The van der Waals surface area contributed by atoms with Crippen LogP contribution in [0.4, 0.5) is 0 Å². The molecule has 4 atom stereocenters. The van der Waals surface area contributed by atoms with Crippen LogP contribution in [0.3, 0.4) is 0 Å². The van der Waals surface area contributed by atoms with Gasteiger partial charge in [-0.1, -0.05) is 79.6 Å². The van der Waals surface area contributed by atoms with Gasteiger partial charge in [0, 0.05) is 36.5 Å². The highest BCUT2D eigenvalue weighted by Crippen LogP contribution is 2.47. The van der Waals surface area contributed by atoms with Crippen molar-refractivity contribution in [1.82, 2.24) is 14.7 Å². The van der Waals surface area contributed by atoms with Gasteiger partial charge in [-0.05, 0) is 60.2 Å². The number of sulfonamides is 1. The van der Waals surface area contributed by atoms with Gasteiger partial charge < -0.3 is 9.64 Å². The number of hydrogen-bond acceptors (Lipinski definition) is 8. The lowest BCUT2D eigenvalue weighted by Crippen LogP contribution is -2.59. The van der Waals surface area contributed by atoms with E-state index in [4.69, 9.17) is 21.2 Å². The van der Waals surface area contributed by atoms with Crippen molar-refractivity contribution in [3.8, 4) is 0 Å². The minimum Gasteiger partial charge on any atom is -0.461 e. The lowest BCUT2D eigenvalue weighted by atomic mass is 9.76. The van der Waals surface area contributed by atoms with Gasteiger partial charge in [-0.25, -0.2) is 13.1 Å². The molecular formula is C36H42ClN3O8S. The lowest BCUT2D eigenvalue weighted by Gasteiger charge is -2.49. The topological polar surface area (TPSA) is 139 Å². The number of ether oxygens (including phenoxy) is 1. The maximum absolute atomic E-state index is 14.7. The van der Waals surface area contributed by atoms with Crippen molar-refractivity contribution in [2.24, 2.45) is 0 Å². The smallest absolute Gasteiger partial charge is 0.302 e. The fraction of sp³-hybridized carbons (Fsp3) is 0.389. The number of amides is 3. The first-order chi connectivity index (χ1) is 23.2. The summed E-state index contributed by atoms with van der Waals surface area (Å²) in [5.41, 5.74) is 2.54. The maximum Gasteiger partial charge on any atom is 0.302 e. The van der Waals surface area contributed by atoms with Gasteiger partial charge in [-0.2, -0.15) is 5.06 Å². The number of fused-ring (bicyclic) bond motifs is 1. The summed E-state index contributed by atoms with van der Waals surface area (Å²) >= 11 is 6.25. The molecule has 0 bridgehead atoms. The van der Waals surface area contributed by atoms with Crippen LogP contribution in [-0.2, 0) is 34.0 Å². The SMILES string of the molecule is C=C(/C=C\C=C(/C)CON(C(C)=O)C(=O)C1c2ccccc2C(=O)N(C2CCCCC2NS(C)(=O)=O)C1c1ccc(Cl)cc1)COC(C)=O. The molecule has 1 aliphatic heterocycles. The standard InChI is InChI=1S/C36H42ClN3O8S/c1-23(21-47-26(4)42)11-10-12-24(2)22-48-40(25(3)41)36(44)33-29-13-6-7-14-30(29)35(43)39(34(33)27-17-19-28(37)20-18-27)32-16-9-8-15-31(32)38-49(5,45)46/h6-7,10-14,17-20,31-34,38H,1,8-9,15-16,21-22H2,2-5H3/b11-10-,24-12+. The first-order valence-corrected chi connectivity index (χ1v) is 18.2. The summed E-state index contributed by atoms with van der Waals surface area (Å²) < 4.78 is 32.5. The summed E-state index contributed by atoms with van der Waals surface area (Å²) in [4.78, 5) is 60.7. The van der Waals surface area contributed by atoms with Gasteiger partial charge in [0.25, 0.3) is 11.8 Å². The van der Waals surface area contributed by atoms with Crippen LogP contribution in [0, 0.1) is 0 Å². The molecule has 1 fully saturated rings. The van der Waals surface area contributed by atoms with Gasteiger partial charge in [0.05, 0.1) is 24.8 Å². The lowest BCUT2D eigenvalue weighted by molar-refractivity contribution is -0.193. The van der Waals surface area contributed by atoms with E-state index in [0.717, 1.165) is 24.2 Å². The van der Waals surface area contributed by atoms with E-state index in [-0.39, 0.29) is 24.7 Å². The molecule has 49 heavy (non-hydrogen) atoms. The highest BCUT2D eigenvalue weighted by molar-refractivity contribution is 7.88. The number of esters is 1. The quantitative estimate of drug-likeness (QED) is 0.175. The second-order valence-corrected chi connectivity index (χ2v) is 14.6. The van der Waals surface area contributed by atoms with Crippen LogP contribution in [0.1, 0.15) is 79.9 Å². The zero-order chi connectivity index (χ0) is 35.9. The fourth-order valence-electron chi connectivity index (χ4n) is 6.30. The number of nitrogens with one attached hydrogen (secondary N) is 1. The minimum atomic E-state index is -3.63. The Morgan fingerprint density at radius 1 is 1.04 bits per heavy atom. The normalized spacial score (nSPS) is 21.3. The molecule has 0 saturated heterocycles. The second kappa shape index (κ2) is 16.5. The molecule has 0 radical (unpaired) electrons. The van der Waals surface area contributed by atoms with Crippen LogP contribution in [0.5, 0.6) is 0 Å². The van der Waals surface area contributed by atoms with Gasteiger partial charge in [0.15, 0.2) is 0 Å². The number of carbonyl (C=O) groups excluding carboxylic acids is 4. The van der Waals surface area contributed by atoms with Crippen molar-refractivity contribution in [2.75, 3.05) is 19.5 Å². The molecule has 3 amide bonds. The van der Waals surface area contributed by atoms with E-state index in [1.807, 2.05) is 0 Å². The maximum atomic E-state index is 14.7. The van der Waals surface area contributed by atoms with Crippen molar-refractivity contribution in [1.29, 1.82) is 0 Å². The highest BCUT2D eigenvalue weighted by atomic mass is 35.5. The highest BCUT2D eigenvalue weighted by Gasteiger charge is 2.50. The van der Waals surface area contributed by atoms with E-state index in [1.165, 1.54) is 13.8 Å². The molecule has 13 heteroatoms. The zero-order valence-corrected chi connectivity index (χ0v) is 29.6. The minimum absolute atomic E-state index is 0.0466. The molecule has 11 nitrogen and oxygen atoms in total. The molecule has 0 aromatic heterocycles. The van der Waals surface area contributed by atoms with Crippen LogP contribution in [-0.4, -0.2) is 73.6 Å². The number of benzene rings is 2. The average Bonchev–Trinajstić information content (AvgIpc) is 3.03. The largest absolute Gasteiger partial charge is 0.461 e. The van der Waals surface area contributed by atoms with Crippen LogP contribution in [0.25, 0.3) is 0 Å². The van der Waals surface area contributed by atoms with E-state index in [2.05, 4.69) is 11.3 Å². The number of nitrogens with zero attached hydrogens (tertiary/aromatic N) is 2. The van der Waals surface area contributed by atoms with Gasteiger partial charge in [-0.3, -0.25) is 24.0 Å². The van der Waals surface area contributed by atoms with Gasteiger partial charge in [0.2, 0.25) is 15.9 Å². The number of hydroxylamine groups is 2. The van der Waals surface area contributed by atoms with Gasteiger partial charge >= 0.3 is 5.97 Å². The molecule has 0 spiro atoms. The monoisotopic (exact) mass is 711 g/mol. The molecule has 1 heterocycles. The predicted molar refractivity (Wildman–Crippen MR) is 186 cm³/mol. The second-order valence-electron chi connectivity index (χ2n) is 12.4. The molecule has 1 N–H and O–H groups in total. The molecule has 2 aromatic carbocycles. The van der Waals surface area contributed by atoms with Crippen LogP contribution >= 0.6 is 11.6 Å². The number of hydrogen-bond donors (Lipinski definition) is 1. The number of imide groups is 1. The summed E-state index contributed by atoms with van der Waals surface area (Å²) in [6.45, 7) is 8.05. The zero-order valence-electron chi connectivity index (χ0n) is 28.1. The fourth-order valence-corrected chi connectivity index (χ4v) is 7.25. The summed E-state index contributed by atoms with van der Waals surface area (Å²) in [5.74, 6) is -3.19. The molecule has 4 rings (SSSR count). The Hall–Kier alpha value is -4.10. The Morgan fingerprint density at radius 2 is 1.71 bits per heavy atom. The Bertz CT molecular complexity index is 1760. The van der Waals surface area contributed by atoms with Crippen molar-refractivity contribution in [3.05, 3.63) is 106 Å². The Morgan fingerprint density at radius 3 is 2.37 bits per heavy atom. The Labute approximate surface area is 292 Å². The third kappa shape index (κ3) is 9.75. The molecule has 1 saturated carbocycles. The molecule has 2 aliphatic rings. The molecular weight excluding hydrogens is 670 g/mol. The third-order valence-corrected chi connectivity index (χ3v) is 9.37. The van der Waals surface area contributed by atoms with Gasteiger partial charge in [-0.15, -0.1) is 0 Å². The Balaban J connectivity index is 1.74. The molecule has 262 valence electrons. The van der Waals surface area contributed by atoms with E-state index in [9.17, 15) is 27.6 Å². The first kappa shape index (κ1) is 37.7. The first-order valence-electron chi connectivity index (χ1n) is 15.9.